The molecule has 1 aromatic carbocycles. The van der Waals surface area contributed by atoms with E-state index >= 15 is 0 Å². The highest BCUT2D eigenvalue weighted by atomic mass is 35.5. The molecule has 1 atom stereocenters. The third-order valence-corrected chi connectivity index (χ3v) is 2.42. The van der Waals surface area contributed by atoms with E-state index in [9.17, 15) is 0 Å². The van der Waals surface area contributed by atoms with Gasteiger partial charge in [0.25, 0.3) is 0 Å². The molecule has 78 valence electrons. The van der Waals surface area contributed by atoms with Crippen molar-refractivity contribution in [3.63, 3.8) is 0 Å². The summed E-state index contributed by atoms with van der Waals surface area (Å²) in [5.41, 5.74) is 6.38. The maximum atomic E-state index is 9.11. The Hall–Kier alpha value is -0.610. The SMILES string of the molecule is CC(N)(CO)c1ccc(Cl)cc1CO. The normalized spacial score (nSPS) is 15.2. The minimum atomic E-state index is -0.845. The summed E-state index contributed by atoms with van der Waals surface area (Å²) in [5.74, 6) is 0. The van der Waals surface area contributed by atoms with Gasteiger partial charge in [-0.2, -0.15) is 0 Å². The Kier molecular flexibility index (Phi) is 3.50. The number of halogens is 1. The molecule has 3 nitrogen and oxygen atoms in total. The molecule has 0 aliphatic carbocycles. The van der Waals surface area contributed by atoms with E-state index in [1.54, 1.807) is 25.1 Å². The van der Waals surface area contributed by atoms with Crippen LogP contribution in [0.4, 0.5) is 0 Å². The number of aliphatic hydroxyl groups excluding tert-OH is 2. The lowest BCUT2D eigenvalue weighted by Crippen LogP contribution is -2.37. The van der Waals surface area contributed by atoms with Gasteiger partial charge in [-0.05, 0) is 30.2 Å². The predicted octanol–water partition coefficient (Wildman–Crippen LogP) is 0.998. The fourth-order valence-corrected chi connectivity index (χ4v) is 1.53. The van der Waals surface area contributed by atoms with E-state index in [0.717, 1.165) is 0 Å². The summed E-state index contributed by atoms with van der Waals surface area (Å²) in [4.78, 5) is 0. The Morgan fingerprint density at radius 3 is 2.57 bits per heavy atom. The minimum absolute atomic E-state index is 0.136. The summed E-state index contributed by atoms with van der Waals surface area (Å²) >= 11 is 5.77. The third kappa shape index (κ3) is 2.25. The van der Waals surface area contributed by atoms with E-state index in [4.69, 9.17) is 27.5 Å². The Bertz CT molecular complexity index is 326. The smallest absolute Gasteiger partial charge is 0.0685 e. The van der Waals surface area contributed by atoms with Crippen molar-refractivity contribution in [2.24, 2.45) is 5.73 Å². The van der Waals surface area contributed by atoms with Gasteiger partial charge in [0.1, 0.15) is 0 Å². The summed E-state index contributed by atoms with van der Waals surface area (Å²) in [7, 11) is 0. The molecule has 0 saturated heterocycles. The van der Waals surface area contributed by atoms with Crippen LogP contribution >= 0.6 is 11.6 Å². The molecule has 0 spiro atoms. The second-order valence-corrected chi connectivity index (χ2v) is 3.97. The zero-order valence-corrected chi connectivity index (χ0v) is 8.75. The largest absolute Gasteiger partial charge is 0.394 e. The fraction of sp³-hybridized carbons (Fsp3) is 0.400. The molecule has 1 aromatic rings. The Labute approximate surface area is 88.1 Å². The highest BCUT2D eigenvalue weighted by molar-refractivity contribution is 6.30. The van der Waals surface area contributed by atoms with Gasteiger partial charge in [0.05, 0.1) is 18.8 Å². The van der Waals surface area contributed by atoms with Crippen LogP contribution in [0.1, 0.15) is 18.1 Å². The quantitative estimate of drug-likeness (QED) is 0.705. The number of hydrogen-bond donors (Lipinski definition) is 3. The number of benzene rings is 1. The van der Waals surface area contributed by atoms with E-state index in [2.05, 4.69) is 0 Å². The average Bonchev–Trinajstić information content (AvgIpc) is 2.17. The van der Waals surface area contributed by atoms with Crippen LogP contribution in [0.3, 0.4) is 0 Å². The van der Waals surface area contributed by atoms with Gasteiger partial charge in [0, 0.05) is 5.02 Å². The Balaban J connectivity index is 3.20. The number of rotatable bonds is 3. The molecule has 0 heterocycles. The van der Waals surface area contributed by atoms with E-state index in [1.165, 1.54) is 0 Å². The molecular weight excluding hydrogens is 202 g/mol. The maximum Gasteiger partial charge on any atom is 0.0685 e. The van der Waals surface area contributed by atoms with E-state index < -0.39 is 5.54 Å². The van der Waals surface area contributed by atoms with Gasteiger partial charge in [-0.15, -0.1) is 0 Å². The van der Waals surface area contributed by atoms with Crippen molar-refractivity contribution in [1.29, 1.82) is 0 Å². The zero-order valence-electron chi connectivity index (χ0n) is 8.00. The Morgan fingerprint density at radius 2 is 2.07 bits per heavy atom. The van der Waals surface area contributed by atoms with Gasteiger partial charge < -0.3 is 15.9 Å². The fourth-order valence-electron chi connectivity index (χ4n) is 1.34. The second kappa shape index (κ2) is 4.28. The van der Waals surface area contributed by atoms with Crippen molar-refractivity contribution in [3.8, 4) is 0 Å². The molecule has 0 saturated carbocycles. The van der Waals surface area contributed by atoms with Gasteiger partial charge in [-0.1, -0.05) is 17.7 Å². The van der Waals surface area contributed by atoms with Crippen LogP contribution in [-0.4, -0.2) is 16.8 Å². The lowest BCUT2D eigenvalue weighted by Gasteiger charge is -2.24. The molecule has 14 heavy (non-hydrogen) atoms. The van der Waals surface area contributed by atoms with Crippen molar-refractivity contribution in [3.05, 3.63) is 34.3 Å². The first-order valence-corrected chi connectivity index (χ1v) is 4.68. The highest BCUT2D eigenvalue weighted by Gasteiger charge is 2.22. The maximum absolute atomic E-state index is 9.11. The second-order valence-electron chi connectivity index (χ2n) is 3.54. The summed E-state index contributed by atoms with van der Waals surface area (Å²) in [6.07, 6.45) is 0. The summed E-state index contributed by atoms with van der Waals surface area (Å²) in [6.45, 7) is 1.39. The van der Waals surface area contributed by atoms with Crippen LogP contribution in [0.2, 0.25) is 5.02 Å². The van der Waals surface area contributed by atoms with E-state index in [0.29, 0.717) is 16.1 Å². The number of aliphatic hydroxyl groups is 2. The van der Waals surface area contributed by atoms with Crippen molar-refractivity contribution < 1.29 is 10.2 Å². The molecule has 1 unspecified atom stereocenters. The standard InChI is InChI=1S/C10H14ClNO2/c1-10(12,6-14)9-3-2-8(11)4-7(9)5-13/h2-4,13-14H,5-6,12H2,1H3. The summed E-state index contributed by atoms with van der Waals surface area (Å²) < 4.78 is 0. The van der Waals surface area contributed by atoms with Crippen LogP contribution < -0.4 is 5.73 Å². The van der Waals surface area contributed by atoms with Gasteiger partial charge in [0.2, 0.25) is 0 Å². The molecule has 0 fully saturated rings. The van der Waals surface area contributed by atoms with Gasteiger partial charge in [-0.25, -0.2) is 0 Å². The van der Waals surface area contributed by atoms with Gasteiger partial charge >= 0.3 is 0 Å². The average molecular weight is 216 g/mol. The predicted molar refractivity (Wildman–Crippen MR) is 56.0 cm³/mol. The first-order chi connectivity index (χ1) is 6.51. The molecule has 0 aliphatic heterocycles. The first kappa shape index (κ1) is 11.5. The molecule has 1 rings (SSSR count). The lowest BCUT2D eigenvalue weighted by molar-refractivity contribution is 0.205. The third-order valence-electron chi connectivity index (χ3n) is 2.18. The monoisotopic (exact) mass is 215 g/mol. The van der Waals surface area contributed by atoms with Gasteiger partial charge in [0.15, 0.2) is 0 Å². The topological polar surface area (TPSA) is 66.5 Å². The molecule has 4 heteroatoms. The molecule has 0 radical (unpaired) electrons. The summed E-state index contributed by atoms with van der Waals surface area (Å²) in [6, 6.07) is 5.07. The molecule has 0 aliphatic rings. The van der Waals surface area contributed by atoms with Crippen molar-refractivity contribution in [2.45, 2.75) is 19.1 Å². The summed E-state index contributed by atoms with van der Waals surface area (Å²) in [5, 5.41) is 18.8. The lowest BCUT2D eigenvalue weighted by atomic mass is 9.90. The molecule has 0 amide bonds. The van der Waals surface area contributed by atoms with Crippen LogP contribution in [0.15, 0.2) is 18.2 Å². The Morgan fingerprint density at radius 1 is 1.43 bits per heavy atom. The van der Waals surface area contributed by atoms with E-state index in [1.807, 2.05) is 0 Å². The van der Waals surface area contributed by atoms with Crippen LogP contribution in [0, 0.1) is 0 Å². The van der Waals surface area contributed by atoms with Crippen molar-refractivity contribution in [1.82, 2.24) is 0 Å². The number of hydrogen-bond acceptors (Lipinski definition) is 3. The zero-order chi connectivity index (χ0) is 10.8. The van der Waals surface area contributed by atoms with Gasteiger partial charge in [-0.3, -0.25) is 0 Å². The highest BCUT2D eigenvalue weighted by Crippen LogP contribution is 2.24. The molecular formula is C10H14ClNO2. The van der Waals surface area contributed by atoms with Crippen molar-refractivity contribution in [2.75, 3.05) is 6.61 Å². The first-order valence-electron chi connectivity index (χ1n) is 4.31. The minimum Gasteiger partial charge on any atom is -0.394 e. The van der Waals surface area contributed by atoms with Crippen LogP contribution in [-0.2, 0) is 12.1 Å². The number of nitrogens with two attached hydrogens (primary N) is 1. The molecule has 0 aromatic heterocycles. The van der Waals surface area contributed by atoms with Crippen molar-refractivity contribution >= 4 is 11.6 Å². The van der Waals surface area contributed by atoms with Crippen LogP contribution in [0.25, 0.3) is 0 Å². The molecule has 4 N–H and O–H groups in total. The molecule has 0 bridgehead atoms. The van der Waals surface area contributed by atoms with Crippen LogP contribution in [0.5, 0.6) is 0 Å². The van der Waals surface area contributed by atoms with E-state index in [-0.39, 0.29) is 13.2 Å².